The summed E-state index contributed by atoms with van der Waals surface area (Å²) < 4.78 is 10.5. The molecule has 0 bridgehead atoms. The fourth-order valence-corrected chi connectivity index (χ4v) is 3.78. The van der Waals surface area contributed by atoms with Crippen molar-refractivity contribution in [3.8, 4) is 21.6 Å². The van der Waals surface area contributed by atoms with Crippen molar-refractivity contribution in [1.29, 1.82) is 0 Å². The first-order chi connectivity index (χ1) is 11.8. The van der Waals surface area contributed by atoms with Gasteiger partial charge in [-0.15, -0.1) is 11.3 Å². The molecule has 3 aromatic rings. The van der Waals surface area contributed by atoms with Gasteiger partial charge in [0.15, 0.2) is 6.10 Å². The van der Waals surface area contributed by atoms with E-state index in [1.54, 1.807) is 11.3 Å². The molecule has 0 spiro atoms. The van der Waals surface area contributed by atoms with Crippen molar-refractivity contribution in [3.63, 3.8) is 0 Å². The van der Waals surface area contributed by atoms with Crippen LogP contribution in [-0.4, -0.2) is 19.2 Å². The molecule has 4 heteroatoms. The van der Waals surface area contributed by atoms with Crippen molar-refractivity contribution >= 4 is 17.3 Å². The average molecular weight is 336 g/mol. The summed E-state index contributed by atoms with van der Waals surface area (Å²) in [6.45, 7) is 0. The molecule has 1 aliphatic rings. The van der Waals surface area contributed by atoms with Gasteiger partial charge in [0.2, 0.25) is 0 Å². The maximum atomic E-state index is 11.9. The summed E-state index contributed by atoms with van der Waals surface area (Å²) in [5.41, 5.74) is 4.38. The number of hydrogen-bond donors (Lipinski definition) is 0. The molecule has 0 amide bonds. The van der Waals surface area contributed by atoms with Crippen LogP contribution < -0.4 is 0 Å². The molecule has 1 aliphatic heterocycles. The minimum Gasteiger partial charge on any atom is -0.467 e. The second kappa shape index (κ2) is 6.23. The minimum atomic E-state index is -0.515. The molecule has 120 valence electrons. The standard InChI is InChI=1S/C20H16O3S/c1-22-20(21)19-18(23-19)17-14(13-7-3-2-4-8-13)9-5-10-15(17)16-11-6-12-24-16/h2-12,18-19H,1H3/t18-,19+/m0/s1. The third-order valence-electron chi connectivity index (χ3n) is 4.19. The summed E-state index contributed by atoms with van der Waals surface area (Å²) in [5, 5.41) is 2.06. The van der Waals surface area contributed by atoms with E-state index in [0.29, 0.717) is 0 Å². The number of rotatable bonds is 4. The highest BCUT2D eigenvalue weighted by Crippen LogP contribution is 2.48. The Balaban J connectivity index is 1.86. The summed E-state index contributed by atoms with van der Waals surface area (Å²) >= 11 is 1.68. The van der Waals surface area contributed by atoms with Gasteiger partial charge in [-0.25, -0.2) is 4.79 Å². The van der Waals surface area contributed by atoms with Crippen molar-refractivity contribution in [2.45, 2.75) is 12.2 Å². The molecular formula is C20H16O3S. The summed E-state index contributed by atoms with van der Waals surface area (Å²) in [6, 6.07) is 20.5. The molecule has 24 heavy (non-hydrogen) atoms. The van der Waals surface area contributed by atoms with Crippen LogP contribution in [0.1, 0.15) is 11.7 Å². The van der Waals surface area contributed by atoms with Gasteiger partial charge in [0.05, 0.1) is 7.11 Å². The Morgan fingerprint density at radius 1 is 1.00 bits per heavy atom. The number of epoxide rings is 1. The molecule has 4 rings (SSSR count). The van der Waals surface area contributed by atoms with Gasteiger partial charge >= 0.3 is 5.97 Å². The highest BCUT2D eigenvalue weighted by Gasteiger charge is 2.49. The zero-order chi connectivity index (χ0) is 16.5. The third-order valence-corrected chi connectivity index (χ3v) is 5.09. The number of ether oxygens (including phenoxy) is 2. The molecule has 3 nitrogen and oxygen atoms in total. The normalized spacial score (nSPS) is 19.0. The van der Waals surface area contributed by atoms with E-state index in [1.807, 2.05) is 24.3 Å². The van der Waals surface area contributed by atoms with Crippen LogP contribution in [0.3, 0.4) is 0 Å². The Hall–Kier alpha value is -2.43. The van der Waals surface area contributed by atoms with Crippen LogP contribution in [0.15, 0.2) is 66.0 Å². The Morgan fingerprint density at radius 2 is 1.79 bits per heavy atom. The van der Waals surface area contributed by atoms with E-state index in [9.17, 15) is 4.79 Å². The van der Waals surface area contributed by atoms with Crippen LogP contribution in [-0.2, 0) is 14.3 Å². The quantitative estimate of drug-likeness (QED) is 0.512. The smallest absolute Gasteiger partial charge is 0.338 e. The third kappa shape index (κ3) is 2.64. The number of hydrogen-bond acceptors (Lipinski definition) is 4. The lowest BCUT2D eigenvalue weighted by Crippen LogP contribution is -2.09. The number of benzene rings is 2. The summed E-state index contributed by atoms with van der Waals surface area (Å²) in [6.07, 6.45) is -0.774. The highest BCUT2D eigenvalue weighted by molar-refractivity contribution is 7.13. The summed E-state index contributed by atoms with van der Waals surface area (Å²) in [4.78, 5) is 13.0. The zero-order valence-electron chi connectivity index (χ0n) is 13.1. The van der Waals surface area contributed by atoms with Crippen molar-refractivity contribution in [2.24, 2.45) is 0 Å². The maximum Gasteiger partial charge on any atom is 0.338 e. The van der Waals surface area contributed by atoms with Crippen molar-refractivity contribution in [3.05, 3.63) is 71.6 Å². The van der Waals surface area contributed by atoms with E-state index in [4.69, 9.17) is 9.47 Å². The predicted molar refractivity (Wildman–Crippen MR) is 94.8 cm³/mol. The molecule has 0 saturated carbocycles. The molecule has 2 aromatic carbocycles. The number of thiophene rings is 1. The van der Waals surface area contributed by atoms with Gasteiger partial charge in [0.25, 0.3) is 0 Å². The van der Waals surface area contributed by atoms with E-state index >= 15 is 0 Å². The average Bonchev–Trinajstić information content (AvgIpc) is 3.24. The van der Waals surface area contributed by atoms with Crippen molar-refractivity contribution in [1.82, 2.24) is 0 Å². The maximum absolute atomic E-state index is 11.9. The van der Waals surface area contributed by atoms with E-state index in [0.717, 1.165) is 22.3 Å². The van der Waals surface area contributed by atoms with Gasteiger partial charge in [-0.05, 0) is 28.1 Å². The molecule has 0 unspecified atom stereocenters. The van der Waals surface area contributed by atoms with E-state index < -0.39 is 6.10 Å². The Morgan fingerprint density at radius 3 is 2.50 bits per heavy atom. The monoisotopic (exact) mass is 336 g/mol. The first kappa shape index (κ1) is 15.1. The van der Waals surface area contributed by atoms with Gasteiger partial charge in [0, 0.05) is 10.4 Å². The topological polar surface area (TPSA) is 38.8 Å². The molecule has 1 aromatic heterocycles. The summed E-state index contributed by atoms with van der Waals surface area (Å²) in [7, 11) is 1.39. The van der Waals surface area contributed by atoms with Crippen LogP contribution in [0.5, 0.6) is 0 Å². The fourth-order valence-electron chi connectivity index (χ4n) is 3.02. The molecule has 0 radical (unpaired) electrons. The van der Waals surface area contributed by atoms with Gasteiger partial charge in [-0.2, -0.15) is 0 Å². The predicted octanol–water partition coefficient (Wildman–Crippen LogP) is 4.70. The Kier molecular flexibility index (Phi) is 3.92. The molecule has 0 aliphatic carbocycles. The molecule has 1 saturated heterocycles. The molecule has 0 N–H and O–H groups in total. The highest BCUT2D eigenvalue weighted by atomic mass is 32.1. The van der Waals surface area contributed by atoms with Gasteiger partial charge in [0.1, 0.15) is 6.10 Å². The lowest BCUT2D eigenvalue weighted by molar-refractivity contribution is -0.142. The van der Waals surface area contributed by atoms with Gasteiger partial charge in [-0.1, -0.05) is 54.6 Å². The van der Waals surface area contributed by atoms with E-state index in [-0.39, 0.29) is 12.1 Å². The van der Waals surface area contributed by atoms with Crippen molar-refractivity contribution in [2.75, 3.05) is 7.11 Å². The zero-order valence-corrected chi connectivity index (χ0v) is 14.0. The summed E-state index contributed by atoms with van der Waals surface area (Å²) in [5.74, 6) is -0.319. The van der Waals surface area contributed by atoms with Gasteiger partial charge < -0.3 is 9.47 Å². The van der Waals surface area contributed by atoms with Gasteiger partial charge in [-0.3, -0.25) is 0 Å². The Labute approximate surface area is 144 Å². The number of methoxy groups -OCH3 is 1. The molecule has 1 fully saturated rings. The number of carbonyl (C=O) groups excluding carboxylic acids is 1. The fraction of sp³-hybridized carbons (Fsp3) is 0.150. The van der Waals surface area contributed by atoms with Crippen LogP contribution in [0.4, 0.5) is 0 Å². The lowest BCUT2D eigenvalue weighted by Gasteiger charge is -2.13. The van der Waals surface area contributed by atoms with E-state index in [1.165, 1.54) is 12.0 Å². The molecular weight excluding hydrogens is 320 g/mol. The Bertz CT molecular complexity index is 856. The number of esters is 1. The van der Waals surface area contributed by atoms with E-state index in [2.05, 4.69) is 41.8 Å². The number of carbonyl (C=O) groups is 1. The van der Waals surface area contributed by atoms with Crippen LogP contribution >= 0.6 is 11.3 Å². The second-order valence-corrected chi connectivity index (χ2v) is 6.56. The molecule has 2 atom stereocenters. The SMILES string of the molecule is COC(=O)[C@@H]1O[C@H]1c1c(-c2ccccc2)cccc1-c1cccs1. The first-order valence-corrected chi connectivity index (χ1v) is 8.63. The van der Waals surface area contributed by atoms with Crippen LogP contribution in [0, 0.1) is 0 Å². The van der Waals surface area contributed by atoms with Crippen LogP contribution in [0.2, 0.25) is 0 Å². The lowest BCUT2D eigenvalue weighted by atomic mass is 9.91. The first-order valence-electron chi connectivity index (χ1n) is 7.75. The van der Waals surface area contributed by atoms with Crippen molar-refractivity contribution < 1.29 is 14.3 Å². The molecule has 2 heterocycles. The second-order valence-electron chi connectivity index (χ2n) is 5.61. The largest absolute Gasteiger partial charge is 0.467 e. The minimum absolute atomic E-state index is 0.258. The van der Waals surface area contributed by atoms with Crippen LogP contribution in [0.25, 0.3) is 21.6 Å².